The van der Waals surface area contributed by atoms with E-state index in [9.17, 15) is 4.79 Å². The number of carbonyl (C=O) groups is 1. The molecule has 0 fully saturated rings. The normalized spacial score (nSPS) is 20.0. The van der Waals surface area contributed by atoms with Crippen molar-refractivity contribution in [2.45, 2.75) is 64.1 Å². The van der Waals surface area contributed by atoms with Gasteiger partial charge in [-0.15, -0.1) is 10.2 Å². The summed E-state index contributed by atoms with van der Waals surface area (Å²) in [7, 11) is 0. The van der Waals surface area contributed by atoms with Crippen LogP contribution in [0.5, 0.6) is 0 Å². The number of aryl methyl sites for hydroxylation is 2. The predicted molar refractivity (Wildman–Crippen MR) is 100 cm³/mol. The molecule has 0 bridgehead atoms. The van der Waals surface area contributed by atoms with E-state index in [2.05, 4.69) is 31.5 Å². The second-order valence-electron chi connectivity index (χ2n) is 7.21. The van der Waals surface area contributed by atoms with Crippen molar-refractivity contribution in [3.8, 4) is 0 Å². The third-order valence-corrected chi connectivity index (χ3v) is 5.59. The monoisotopic (exact) mass is 373 g/mol. The van der Waals surface area contributed by atoms with E-state index in [1.54, 1.807) is 0 Å². The highest BCUT2D eigenvalue weighted by molar-refractivity contribution is 6.30. The molecule has 2 N–H and O–H groups in total. The number of urea groups is 1. The Bertz CT molecular complexity index is 818. The lowest BCUT2D eigenvalue weighted by Gasteiger charge is -2.27. The molecule has 0 radical (unpaired) electrons. The van der Waals surface area contributed by atoms with Crippen molar-refractivity contribution >= 4 is 17.6 Å². The Labute approximate surface area is 158 Å². The van der Waals surface area contributed by atoms with Crippen molar-refractivity contribution in [2.24, 2.45) is 0 Å². The van der Waals surface area contributed by atoms with Crippen molar-refractivity contribution in [2.75, 3.05) is 0 Å². The minimum Gasteiger partial charge on any atom is -0.331 e. The molecule has 7 heteroatoms. The summed E-state index contributed by atoms with van der Waals surface area (Å²) >= 11 is 6.15. The van der Waals surface area contributed by atoms with Gasteiger partial charge in [-0.05, 0) is 62.3 Å². The van der Waals surface area contributed by atoms with Crippen LogP contribution in [0.1, 0.15) is 67.5 Å². The average Bonchev–Trinajstić information content (AvgIpc) is 3.06. The van der Waals surface area contributed by atoms with Gasteiger partial charge < -0.3 is 15.2 Å². The van der Waals surface area contributed by atoms with Crippen molar-refractivity contribution < 1.29 is 4.79 Å². The standard InChI is InChI=1S/C19H24ClN5O/c1-12(18-24-23-17-7-2-3-10-25(17)18)21-19(26)22-16-6-4-5-13-8-9-14(20)11-15(13)16/h8-9,11-12,16H,2-7,10H2,1H3,(H2,21,22,26)/t12?,16-/m1/s1. The van der Waals surface area contributed by atoms with Gasteiger partial charge in [-0.25, -0.2) is 4.79 Å². The molecule has 2 aromatic rings. The van der Waals surface area contributed by atoms with Crippen LogP contribution >= 0.6 is 11.6 Å². The Kier molecular flexibility index (Phi) is 4.85. The number of benzene rings is 1. The number of nitrogens with one attached hydrogen (secondary N) is 2. The van der Waals surface area contributed by atoms with Crippen molar-refractivity contribution in [3.63, 3.8) is 0 Å². The molecular weight excluding hydrogens is 350 g/mol. The van der Waals surface area contributed by atoms with Gasteiger partial charge in [0.2, 0.25) is 0 Å². The van der Waals surface area contributed by atoms with Crippen LogP contribution in [0.3, 0.4) is 0 Å². The quantitative estimate of drug-likeness (QED) is 0.861. The molecular formula is C19H24ClN5O. The molecule has 4 rings (SSSR count). The lowest BCUT2D eigenvalue weighted by atomic mass is 9.88. The Hall–Kier alpha value is -2.08. The Morgan fingerprint density at radius 1 is 1.27 bits per heavy atom. The second-order valence-corrected chi connectivity index (χ2v) is 7.65. The molecule has 1 unspecified atom stereocenters. The topological polar surface area (TPSA) is 71.8 Å². The van der Waals surface area contributed by atoms with E-state index in [4.69, 9.17) is 11.6 Å². The van der Waals surface area contributed by atoms with Crippen molar-refractivity contribution in [1.82, 2.24) is 25.4 Å². The van der Waals surface area contributed by atoms with E-state index in [-0.39, 0.29) is 18.1 Å². The zero-order chi connectivity index (χ0) is 18.1. The van der Waals surface area contributed by atoms with Crippen molar-refractivity contribution in [3.05, 3.63) is 46.0 Å². The summed E-state index contributed by atoms with van der Waals surface area (Å²) in [6.45, 7) is 2.89. The van der Waals surface area contributed by atoms with Crippen LogP contribution < -0.4 is 10.6 Å². The lowest BCUT2D eigenvalue weighted by Crippen LogP contribution is -2.40. The van der Waals surface area contributed by atoms with Gasteiger partial charge in [0.25, 0.3) is 0 Å². The van der Waals surface area contributed by atoms with Gasteiger partial charge in [-0.1, -0.05) is 17.7 Å². The SMILES string of the molecule is CC(NC(=O)N[C@@H]1CCCc2ccc(Cl)cc21)c1nnc2n1CCCC2. The smallest absolute Gasteiger partial charge is 0.315 e. The number of hydrogen-bond donors (Lipinski definition) is 2. The van der Waals surface area contributed by atoms with E-state index in [0.29, 0.717) is 5.02 Å². The highest BCUT2D eigenvalue weighted by Gasteiger charge is 2.25. The third-order valence-electron chi connectivity index (χ3n) is 5.35. The van der Waals surface area contributed by atoms with Crippen LogP contribution in [-0.2, 0) is 19.4 Å². The number of aromatic nitrogens is 3. The highest BCUT2D eigenvalue weighted by Crippen LogP contribution is 2.31. The van der Waals surface area contributed by atoms with Crippen LogP contribution in [0.4, 0.5) is 4.79 Å². The molecule has 2 aliphatic rings. The summed E-state index contributed by atoms with van der Waals surface area (Å²) in [6.07, 6.45) is 6.28. The highest BCUT2D eigenvalue weighted by atomic mass is 35.5. The molecule has 2 heterocycles. The minimum atomic E-state index is -0.184. The second kappa shape index (κ2) is 7.27. The summed E-state index contributed by atoms with van der Waals surface area (Å²) in [5.74, 6) is 1.86. The summed E-state index contributed by atoms with van der Waals surface area (Å²) in [6, 6.07) is 5.59. The Morgan fingerprint density at radius 2 is 2.15 bits per heavy atom. The fourth-order valence-corrected chi connectivity index (χ4v) is 4.21. The zero-order valence-electron chi connectivity index (χ0n) is 15.0. The van der Waals surface area contributed by atoms with E-state index >= 15 is 0 Å². The van der Waals surface area contributed by atoms with Gasteiger partial charge in [-0.3, -0.25) is 0 Å². The molecule has 1 aromatic carbocycles. The number of hydrogen-bond acceptors (Lipinski definition) is 3. The summed E-state index contributed by atoms with van der Waals surface area (Å²) < 4.78 is 2.14. The Balaban J connectivity index is 1.43. The first-order valence-electron chi connectivity index (χ1n) is 9.39. The van der Waals surface area contributed by atoms with E-state index in [1.165, 1.54) is 5.56 Å². The molecule has 2 amide bonds. The minimum absolute atomic E-state index is 0.00281. The summed E-state index contributed by atoms with van der Waals surface area (Å²) in [4.78, 5) is 12.6. The molecule has 138 valence electrons. The first-order chi connectivity index (χ1) is 12.6. The van der Waals surface area contributed by atoms with Crippen LogP contribution in [0.2, 0.25) is 5.02 Å². The molecule has 0 saturated heterocycles. The van der Waals surface area contributed by atoms with Gasteiger partial charge in [0, 0.05) is 18.0 Å². The number of carbonyl (C=O) groups excluding carboxylic acids is 1. The molecule has 6 nitrogen and oxygen atoms in total. The largest absolute Gasteiger partial charge is 0.331 e. The average molecular weight is 374 g/mol. The van der Waals surface area contributed by atoms with Crippen LogP contribution in [0.25, 0.3) is 0 Å². The number of rotatable bonds is 3. The van der Waals surface area contributed by atoms with Gasteiger partial charge in [0.15, 0.2) is 5.82 Å². The number of fused-ring (bicyclic) bond motifs is 2. The molecule has 1 aliphatic carbocycles. The first kappa shape index (κ1) is 17.3. The summed E-state index contributed by atoms with van der Waals surface area (Å²) in [5.41, 5.74) is 2.40. The first-order valence-corrected chi connectivity index (χ1v) is 9.77. The molecule has 0 saturated carbocycles. The number of halogens is 1. The van der Waals surface area contributed by atoms with Crippen LogP contribution in [0, 0.1) is 0 Å². The maximum absolute atomic E-state index is 12.6. The van der Waals surface area contributed by atoms with Gasteiger partial charge in [0.1, 0.15) is 5.82 Å². The molecule has 26 heavy (non-hydrogen) atoms. The number of amides is 2. The van der Waals surface area contributed by atoms with Crippen LogP contribution in [0.15, 0.2) is 18.2 Å². The summed E-state index contributed by atoms with van der Waals surface area (Å²) in [5, 5.41) is 15.4. The van der Waals surface area contributed by atoms with Gasteiger partial charge in [-0.2, -0.15) is 0 Å². The van der Waals surface area contributed by atoms with Gasteiger partial charge >= 0.3 is 6.03 Å². The predicted octanol–water partition coefficient (Wildman–Crippen LogP) is 3.71. The fraction of sp³-hybridized carbons (Fsp3) is 0.526. The van der Waals surface area contributed by atoms with Crippen molar-refractivity contribution in [1.29, 1.82) is 0 Å². The third kappa shape index (κ3) is 3.43. The van der Waals surface area contributed by atoms with E-state index in [1.807, 2.05) is 19.1 Å². The maximum Gasteiger partial charge on any atom is 0.315 e. The Morgan fingerprint density at radius 3 is 3.04 bits per heavy atom. The molecule has 1 aliphatic heterocycles. The maximum atomic E-state index is 12.6. The van der Waals surface area contributed by atoms with Gasteiger partial charge in [0.05, 0.1) is 12.1 Å². The fourth-order valence-electron chi connectivity index (χ4n) is 4.03. The van der Waals surface area contributed by atoms with E-state index in [0.717, 1.165) is 62.3 Å². The zero-order valence-corrected chi connectivity index (χ0v) is 15.7. The molecule has 2 atom stereocenters. The number of nitrogens with zero attached hydrogens (tertiary/aromatic N) is 3. The molecule has 0 spiro atoms. The lowest BCUT2D eigenvalue weighted by molar-refractivity contribution is 0.231. The van der Waals surface area contributed by atoms with E-state index < -0.39 is 0 Å². The van der Waals surface area contributed by atoms with Crippen LogP contribution in [-0.4, -0.2) is 20.8 Å². The molecule has 1 aromatic heterocycles.